The molecule has 0 aliphatic heterocycles. The Kier molecular flexibility index (Phi) is 11.4. The van der Waals surface area contributed by atoms with Crippen LogP contribution in [0.5, 0.6) is 5.75 Å². The summed E-state index contributed by atoms with van der Waals surface area (Å²) in [6.07, 6.45) is 10.8. The van der Waals surface area contributed by atoms with Crippen molar-refractivity contribution in [2.24, 2.45) is 0 Å². The Hall–Kier alpha value is -1.84. The van der Waals surface area contributed by atoms with Crippen molar-refractivity contribution in [2.45, 2.75) is 77.6 Å². The molecule has 1 rings (SSSR count). The molecular formula is C21H33NO3. The number of carbonyl (C=O) groups excluding carboxylic acids is 2. The molecule has 0 fully saturated rings. The van der Waals surface area contributed by atoms with Gasteiger partial charge in [-0.25, -0.2) is 0 Å². The van der Waals surface area contributed by atoms with Crippen LogP contribution in [0.25, 0.3) is 0 Å². The van der Waals surface area contributed by atoms with Crippen molar-refractivity contribution in [2.75, 3.05) is 6.54 Å². The number of Topliss-reactive ketones (excluding diaryl/α,β-unsaturated/α-hetero) is 1. The first kappa shape index (κ1) is 21.2. The summed E-state index contributed by atoms with van der Waals surface area (Å²) in [5, 5.41) is 12.6. The molecule has 0 radical (unpaired) electrons. The molecule has 140 valence electrons. The Bertz CT molecular complexity index is 514. The molecule has 1 aromatic carbocycles. The summed E-state index contributed by atoms with van der Waals surface area (Å²) in [6, 6.07) is 6.65. The summed E-state index contributed by atoms with van der Waals surface area (Å²) >= 11 is 0. The number of phenols is 1. The number of phenolic OH excluding ortho intramolecular Hbond substituents is 1. The van der Waals surface area contributed by atoms with Gasteiger partial charge in [0.25, 0.3) is 0 Å². The van der Waals surface area contributed by atoms with Gasteiger partial charge in [-0.2, -0.15) is 0 Å². The average molecular weight is 347 g/mol. The van der Waals surface area contributed by atoms with Crippen LogP contribution in [0.15, 0.2) is 24.3 Å². The van der Waals surface area contributed by atoms with E-state index in [1.165, 1.54) is 31.7 Å². The van der Waals surface area contributed by atoms with Crippen LogP contribution in [0.2, 0.25) is 0 Å². The van der Waals surface area contributed by atoms with E-state index >= 15 is 0 Å². The lowest BCUT2D eigenvalue weighted by molar-refractivity contribution is -0.121. The molecule has 4 heteroatoms. The molecule has 0 unspecified atom stereocenters. The molecule has 4 nitrogen and oxygen atoms in total. The van der Waals surface area contributed by atoms with Gasteiger partial charge in [-0.1, -0.05) is 57.6 Å². The highest BCUT2D eigenvalue weighted by molar-refractivity contribution is 5.98. The molecule has 0 saturated carbocycles. The SMILES string of the molecule is CCCCCCCCC(=O)NCCCCCC(=O)c1ccccc1O. The van der Waals surface area contributed by atoms with Crippen LogP contribution in [0.4, 0.5) is 0 Å². The Morgan fingerprint density at radius 3 is 2.28 bits per heavy atom. The fourth-order valence-electron chi connectivity index (χ4n) is 2.81. The maximum Gasteiger partial charge on any atom is 0.219 e. The maximum absolute atomic E-state index is 12.0. The lowest BCUT2D eigenvalue weighted by atomic mass is 10.0. The van der Waals surface area contributed by atoms with Gasteiger partial charge in [-0.3, -0.25) is 9.59 Å². The largest absolute Gasteiger partial charge is 0.507 e. The summed E-state index contributed by atoms with van der Waals surface area (Å²) < 4.78 is 0. The zero-order valence-corrected chi connectivity index (χ0v) is 15.6. The van der Waals surface area contributed by atoms with E-state index in [-0.39, 0.29) is 17.4 Å². The molecular weight excluding hydrogens is 314 g/mol. The van der Waals surface area contributed by atoms with Gasteiger partial charge in [0.1, 0.15) is 5.75 Å². The third-order valence-corrected chi connectivity index (χ3v) is 4.36. The molecule has 25 heavy (non-hydrogen) atoms. The highest BCUT2D eigenvalue weighted by Gasteiger charge is 2.09. The summed E-state index contributed by atoms with van der Waals surface area (Å²) in [7, 11) is 0. The number of unbranched alkanes of at least 4 members (excludes halogenated alkanes) is 7. The number of hydrogen-bond donors (Lipinski definition) is 2. The summed E-state index contributed by atoms with van der Waals surface area (Å²) in [4.78, 5) is 23.7. The van der Waals surface area contributed by atoms with Crippen LogP contribution in [0.3, 0.4) is 0 Å². The van der Waals surface area contributed by atoms with Gasteiger partial charge in [0.2, 0.25) is 5.91 Å². The van der Waals surface area contributed by atoms with Crippen LogP contribution in [0, 0.1) is 0 Å². The number of hydrogen-bond acceptors (Lipinski definition) is 3. The molecule has 1 amide bonds. The van der Waals surface area contributed by atoms with Crippen molar-refractivity contribution in [1.29, 1.82) is 0 Å². The van der Waals surface area contributed by atoms with Gasteiger partial charge < -0.3 is 10.4 Å². The highest BCUT2D eigenvalue weighted by atomic mass is 16.3. The van der Waals surface area contributed by atoms with E-state index in [4.69, 9.17) is 0 Å². The average Bonchev–Trinajstić information content (AvgIpc) is 2.61. The van der Waals surface area contributed by atoms with Crippen LogP contribution >= 0.6 is 0 Å². The van der Waals surface area contributed by atoms with Gasteiger partial charge in [0, 0.05) is 19.4 Å². The molecule has 2 N–H and O–H groups in total. The van der Waals surface area contributed by atoms with Gasteiger partial charge in [0.05, 0.1) is 5.56 Å². The first-order chi connectivity index (χ1) is 12.1. The zero-order chi connectivity index (χ0) is 18.3. The minimum absolute atomic E-state index is 0.0230. The number of amides is 1. The Morgan fingerprint density at radius 2 is 1.52 bits per heavy atom. The predicted molar refractivity (Wildman–Crippen MR) is 102 cm³/mol. The number of carbonyl (C=O) groups is 2. The Morgan fingerprint density at radius 1 is 0.880 bits per heavy atom. The number of rotatable bonds is 14. The molecule has 0 atom stereocenters. The minimum Gasteiger partial charge on any atom is -0.507 e. The van der Waals surface area contributed by atoms with Crippen LogP contribution in [-0.2, 0) is 4.79 Å². The van der Waals surface area contributed by atoms with E-state index in [1.807, 2.05) is 0 Å². The molecule has 0 spiro atoms. The summed E-state index contributed by atoms with van der Waals surface area (Å²) in [5.41, 5.74) is 0.398. The third-order valence-electron chi connectivity index (χ3n) is 4.36. The van der Waals surface area contributed by atoms with Crippen LogP contribution in [0.1, 0.15) is 87.9 Å². The van der Waals surface area contributed by atoms with Crippen LogP contribution < -0.4 is 5.32 Å². The molecule has 1 aromatic rings. The second-order valence-electron chi connectivity index (χ2n) is 6.62. The van der Waals surface area contributed by atoms with E-state index in [2.05, 4.69) is 12.2 Å². The topological polar surface area (TPSA) is 66.4 Å². The molecule has 0 aliphatic carbocycles. The second kappa shape index (κ2) is 13.5. The Balaban J connectivity index is 1.98. The third kappa shape index (κ3) is 9.90. The van der Waals surface area contributed by atoms with Crippen molar-refractivity contribution >= 4 is 11.7 Å². The predicted octanol–water partition coefficient (Wildman–Crippen LogP) is 5.00. The lowest BCUT2D eigenvalue weighted by Gasteiger charge is -2.06. The summed E-state index contributed by atoms with van der Waals surface area (Å²) in [5.74, 6) is 0.167. The van der Waals surface area contributed by atoms with Gasteiger partial charge >= 0.3 is 0 Å². The molecule has 0 saturated heterocycles. The monoisotopic (exact) mass is 347 g/mol. The molecule has 0 aromatic heterocycles. The smallest absolute Gasteiger partial charge is 0.219 e. The normalized spacial score (nSPS) is 10.6. The minimum atomic E-state index is -0.0230. The number of ketones is 1. The standard InChI is InChI=1S/C21H33NO3/c1-2-3-4-5-6-9-16-21(25)22-17-12-7-8-14-19(23)18-13-10-11-15-20(18)24/h10-11,13,15,24H,2-9,12,14,16-17H2,1H3,(H,22,25). The van der Waals surface area contributed by atoms with Gasteiger partial charge in [-0.05, 0) is 31.4 Å². The van der Waals surface area contributed by atoms with E-state index in [1.54, 1.807) is 18.2 Å². The number of para-hydroxylation sites is 1. The van der Waals surface area contributed by atoms with Crippen molar-refractivity contribution in [3.05, 3.63) is 29.8 Å². The van der Waals surface area contributed by atoms with Crippen molar-refractivity contribution in [1.82, 2.24) is 5.32 Å². The van der Waals surface area contributed by atoms with Crippen molar-refractivity contribution in [3.8, 4) is 5.75 Å². The summed E-state index contributed by atoms with van der Waals surface area (Å²) in [6.45, 7) is 2.88. The first-order valence-corrected chi connectivity index (χ1v) is 9.73. The number of nitrogens with one attached hydrogen (secondary N) is 1. The Labute approximate surface area is 152 Å². The van der Waals surface area contributed by atoms with Gasteiger partial charge in [0.15, 0.2) is 5.78 Å². The van der Waals surface area contributed by atoms with Crippen molar-refractivity contribution < 1.29 is 14.7 Å². The van der Waals surface area contributed by atoms with Crippen molar-refractivity contribution in [3.63, 3.8) is 0 Å². The lowest BCUT2D eigenvalue weighted by Crippen LogP contribution is -2.24. The van der Waals surface area contributed by atoms with Gasteiger partial charge in [-0.15, -0.1) is 0 Å². The molecule has 0 aliphatic rings. The zero-order valence-electron chi connectivity index (χ0n) is 15.6. The first-order valence-electron chi connectivity index (χ1n) is 9.73. The number of aromatic hydroxyl groups is 1. The van der Waals surface area contributed by atoms with E-state index in [9.17, 15) is 14.7 Å². The molecule has 0 bridgehead atoms. The highest BCUT2D eigenvalue weighted by Crippen LogP contribution is 2.18. The fourth-order valence-corrected chi connectivity index (χ4v) is 2.81. The van der Waals surface area contributed by atoms with E-state index < -0.39 is 0 Å². The fraction of sp³-hybridized carbons (Fsp3) is 0.619. The van der Waals surface area contributed by atoms with Crippen LogP contribution in [-0.4, -0.2) is 23.3 Å². The maximum atomic E-state index is 12.0. The second-order valence-corrected chi connectivity index (χ2v) is 6.62. The molecule has 0 heterocycles. The number of benzene rings is 1. The quantitative estimate of drug-likeness (QED) is 0.367. The van der Waals surface area contributed by atoms with E-state index in [0.717, 1.165) is 32.1 Å². The van der Waals surface area contributed by atoms with E-state index in [0.29, 0.717) is 24.9 Å².